The molecule has 0 bridgehead atoms. The van der Waals surface area contributed by atoms with E-state index in [0.29, 0.717) is 6.54 Å². The Kier molecular flexibility index (Phi) is 3.99. The van der Waals surface area contributed by atoms with E-state index in [1.165, 1.54) is 10.9 Å². The number of pyridine rings is 1. The van der Waals surface area contributed by atoms with Gasteiger partial charge in [0.15, 0.2) is 0 Å². The van der Waals surface area contributed by atoms with Gasteiger partial charge in [0, 0.05) is 22.8 Å². The summed E-state index contributed by atoms with van der Waals surface area (Å²) in [5.41, 5.74) is 10.2. The summed E-state index contributed by atoms with van der Waals surface area (Å²) in [5, 5.41) is 5.00. The summed E-state index contributed by atoms with van der Waals surface area (Å²) in [5.74, 6) is 0. The van der Waals surface area contributed by atoms with Crippen LogP contribution >= 0.6 is 0 Å². The van der Waals surface area contributed by atoms with Gasteiger partial charge in [-0.3, -0.25) is 4.79 Å². The first-order valence-corrected chi connectivity index (χ1v) is 9.60. The molecule has 2 heterocycles. The Hall–Kier alpha value is -3.37. The highest BCUT2D eigenvalue weighted by Crippen LogP contribution is 2.32. The van der Waals surface area contributed by atoms with Crippen molar-refractivity contribution in [3.05, 3.63) is 82.8 Å². The van der Waals surface area contributed by atoms with Crippen molar-refractivity contribution in [2.75, 3.05) is 6.54 Å². The van der Waals surface area contributed by atoms with E-state index < -0.39 is 0 Å². The number of fused-ring (bicyclic) bond motifs is 4. The summed E-state index contributed by atoms with van der Waals surface area (Å²) in [6, 6.07) is 20.9. The van der Waals surface area contributed by atoms with Gasteiger partial charge in [0.05, 0.1) is 5.39 Å². The van der Waals surface area contributed by atoms with Crippen LogP contribution in [0.3, 0.4) is 0 Å². The van der Waals surface area contributed by atoms with E-state index in [1.54, 1.807) is 6.20 Å². The third kappa shape index (κ3) is 2.70. The fourth-order valence-corrected chi connectivity index (χ4v) is 4.08. The molecule has 0 unspecified atom stereocenters. The van der Waals surface area contributed by atoms with Gasteiger partial charge in [-0.1, -0.05) is 36.4 Å². The average Bonchev–Trinajstić information content (AvgIpc) is 3.16. The highest BCUT2D eigenvalue weighted by atomic mass is 16.1. The highest BCUT2D eigenvalue weighted by molar-refractivity contribution is 6.09. The number of aryl methyl sites for hydroxylation is 1. The minimum Gasteiger partial charge on any atom is -0.355 e. The Morgan fingerprint density at radius 1 is 0.893 bits per heavy atom. The van der Waals surface area contributed by atoms with E-state index in [1.807, 2.05) is 18.2 Å². The van der Waals surface area contributed by atoms with Crippen LogP contribution in [0.2, 0.25) is 0 Å². The number of H-pyrrole nitrogens is 2. The van der Waals surface area contributed by atoms with Gasteiger partial charge >= 0.3 is 0 Å². The van der Waals surface area contributed by atoms with E-state index >= 15 is 0 Å². The number of nitrogens with two attached hydrogens (primary N) is 1. The molecule has 0 amide bonds. The van der Waals surface area contributed by atoms with Crippen molar-refractivity contribution in [3.63, 3.8) is 0 Å². The van der Waals surface area contributed by atoms with Gasteiger partial charge in [-0.05, 0) is 70.9 Å². The maximum atomic E-state index is 12.6. The molecule has 0 saturated carbocycles. The van der Waals surface area contributed by atoms with E-state index in [9.17, 15) is 4.79 Å². The number of hydrogen-bond acceptors (Lipinski definition) is 2. The van der Waals surface area contributed by atoms with Crippen LogP contribution in [0.1, 0.15) is 12.0 Å². The zero-order valence-corrected chi connectivity index (χ0v) is 15.5. The third-order valence-corrected chi connectivity index (χ3v) is 5.45. The van der Waals surface area contributed by atoms with Crippen LogP contribution < -0.4 is 11.3 Å². The first-order valence-electron chi connectivity index (χ1n) is 9.60. The van der Waals surface area contributed by atoms with E-state index in [0.717, 1.165) is 51.2 Å². The molecule has 0 atom stereocenters. The van der Waals surface area contributed by atoms with E-state index in [4.69, 9.17) is 5.73 Å². The predicted molar refractivity (Wildman–Crippen MR) is 117 cm³/mol. The number of aromatic nitrogens is 2. The molecular formula is C24H21N3O. The largest absolute Gasteiger partial charge is 0.355 e. The molecule has 0 saturated heterocycles. The standard InChI is InChI=1S/C24H21N3O/c25-10-3-5-15-12-18-9-11-26-24(28)23(18)20-13-17(7-8-19(15)20)22-14-16-4-1-2-6-21(16)27-22/h1-2,4,6-9,11-14,27H,3,5,10,25H2,(H,26,28). The number of benzene rings is 3. The van der Waals surface area contributed by atoms with Crippen LogP contribution in [0.15, 0.2) is 71.7 Å². The SMILES string of the molecule is NCCCc1cc2cc[nH]c(=O)c2c2cc(-c3cc4ccccc4[nH]3)ccc12. The summed E-state index contributed by atoms with van der Waals surface area (Å²) < 4.78 is 0. The minimum atomic E-state index is -0.0540. The maximum Gasteiger partial charge on any atom is 0.256 e. The van der Waals surface area contributed by atoms with Crippen molar-refractivity contribution in [3.8, 4) is 11.3 Å². The first kappa shape index (κ1) is 16.8. The normalized spacial score (nSPS) is 11.6. The number of aromatic amines is 2. The predicted octanol–water partition coefficient (Wildman–Crippen LogP) is 4.72. The molecule has 4 nitrogen and oxygen atoms in total. The van der Waals surface area contributed by atoms with Crippen molar-refractivity contribution >= 4 is 32.4 Å². The Morgan fingerprint density at radius 2 is 1.79 bits per heavy atom. The van der Waals surface area contributed by atoms with Gasteiger partial charge in [-0.25, -0.2) is 0 Å². The summed E-state index contributed by atoms with van der Waals surface area (Å²) in [7, 11) is 0. The van der Waals surface area contributed by atoms with Crippen molar-refractivity contribution in [2.24, 2.45) is 5.73 Å². The third-order valence-electron chi connectivity index (χ3n) is 5.45. The minimum absolute atomic E-state index is 0.0540. The Bertz CT molecular complexity index is 1340. The monoisotopic (exact) mass is 367 g/mol. The molecule has 0 aliphatic carbocycles. The Morgan fingerprint density at radius 3 is 2.64 bits per heavy atom. The van der Waals surface area contributed by atoms with Crippen molar-refractivity contribution in [2.45, 2.75) is 12.8 Å². The van der Waals surface area contributed by atoms with Gasteiger partial charge in [-0.15, -0.1) is 0 Å². The number of nitrogens with one attached hydrogen (secondary N) is 2. The fraction of sp³-hybridized carbons (Fsp3) is 0.125. The van der Waals surface area contributed by atoms with Crippen molar-refractivity contribution in [1.29, 1.82) is 0 Å². The quantitative estimate of drug-likeness (QED) is 0.402. The molecule has 0 aliphatic heterocycles. The number of hydrogen-bond donors (Lipinski definition) is 3. The van der Waals surface area contributed by atoms with E-state index in [-0.39, 0.29) is 5.56 Å². The highest BCUT2D eigenvalue weighted by Gasteiger charge is 2.12. The van der Waals surface area contributed by atoms with Crippen molar-refractivity contribution in [1.82, 2.24) is 9.97 Å². The molecule has 4 N–H and O–H groups in total. The lowest BCUT2D eigenvalue weighted by Gasteiger charge is -2.11. The molecular weight excluding hydrogens is 346 g/mol. The Balaban J connectivity index is 1.79. The van der Waals surface area contributed by atoms with Crippen LogP contribution in [0.5, 0.6) is 0 Å². The van der Waals surface area contributed by atoms with Crippen molar-refractivity contribution < 1.29 is 0 Å². The van der Waals surface area contributed by atoms with Gasteiger partial charge in [0.25, 0.3) is 5.56 Å². The molecule has 5 aromatic rings. The van der Waals surface area contributed by atoms with Crippen LogP contribution in [0, 0.1) is 0 Å². The van der Waals surface area contributed by atoms with Crippen LogP contribution in [0.25, 0.3) is 43.7 Å². The molecule has 0 fully saturated rings. The maximum absolute atomic E-state index is 12.6. The smallest absolute Gasteiger partial charge is 0.256 e. The molecule has 4 heteroatoms. The molecule has 2 aromatic heterocycles. The molecule has 5 rings (SSSR count). The van der Waals surface area contributed by atoms with Gasteiger partial charge in [-0.2, -0.15) is 0 Å². The molecule has 138 valence electrons. The second-order valence-electron chi connectivity index (χ2n) is 7.23. The van der Waals surface area contributed by atoms with Gasteiger partial charge < -0.3 is 15.7 Å². The lowest BCUT2D eigenvalue weighted by molar-refractivity contribution is 0.838. The fourth-order valence-electron chi connectivity index (χ4n) is 4.08. The lowest BCUT2D eigenvalue weighted by Crippen LogP contribution is -2.06. The zero-order chi connectivity index (χ0) is 19.1. The summed E-state index contributed by atoms with van der Waals surface area (Å²) in [6.07, 6.45) is 3.54. The number of para-hydroxylation sites is 1. The number of rotatable bonds is 4. The topological polar surface area (TPSA) is 74.7 Å². The summed E-state index contributed by atoms with van der Waals surface area (Å²) in [6.45, 7) is 0.655. The molecule has 0 radical (unpaired) electrons. The molecule has 28 heavy (non-hydrogen) atoms. The second kappa shape index (κ2) is 6.66. The summed E-state index contributed by atoms with van der Waals surface area (Å²) in [4.78, 5) is 18.9. The van der Waals surface area contributed by atoms with Crippen LogP contribution in [-0.2, 0) is 6.42 Å². The molecule has 0 aliphatic rings. The van der Waals surface area contributed by atoms with Gasteiger partial charge in [0.2, 0.25) is 0 Å². The van der Waals surface area contributed by atoms with E-state index in [2.05, 4.69) is 52.4 Å². The van der Waals surface area contributed by atoms with Gasteiger partial charge in [0.1, 0.15) is 0 Å². The van der Waals surface area contributed by atoms with Crippen LogP contribution in [0.4, 0.5) is 0 Å². The molecule has 0 spiro atoms. The Labute approximate surface area is 162 Å². The molecule has 3 aromatic carbocycles. The summed E-state index contributed by atoms with van der Waals surface area (Å²) >= 11 is 0. The lowest BCUT2D eigenvalue weighted by atomic mass is 9.94. The van der Waals surface area contributed by atoms with Crippen LogP contribution in [-0.4, -0.2) is 16.5 Å². The zero-order valence-electron chi connectivity index (χ0n) is 15.5. The first-order chi connectivity index (χ1) is 13.7. The average molecular weight is 367 g/mol. The second-order valence-corrected chi connectivity index (χ2v) is 7.23.